The molecule has 0 bridgehead atoms. The average molecular weight is 232 g/mol. The molecule has 0 aromatic heterocycles. The Labute approximate surface area is 97.6 Å². The molecule has 0 aliphatic carbocycles. The summed E-state index contributed by atoms with van der Waals surface area (Å²) in [4.78, 5) is 13.2. The van der Waals surface area contributed by atoms with Gasteiger partial charge in [-0.05, 0) is 34.1 Å². The molecule has 1 amide bonds. The smallest absolute Gasteiger partial charge is 0.410 e. The van der Waals surface area contributed by atoms with E-state index >= 15 is 0 Å². The van der Waals surface area contributed by atoms with Crippen LogP contribution in [0.15, 0.2) is 0 Å². The first-order chi connectivity index (χ1) is 7.26. The van der Waals surface area contributed by atoms with Gasteiger partial charge in [0.15, 0.2) is 0 Å². The lowest BCUT2D eigenvalue weighted by molar-refractivity contribution is 0.0215. The Bertz CT molecular complexity index is 212. The van der Waals surface area contributed by atoms with Crippen molar-refractivity contribution >= 4 is 6.09 Å². The molecule has 0 aromatic carbocycles. The fourth-order valence-electron chi connectivity index (χ4n) is 1.10. The van der Waals surface area contributed by atoms with E-state index in [0.717, 1.165) is 0 Å². The molecule has 0 aromatic rings. The number of nitrogens with zero attached hydrogens (tertiary/aromatic N) is 1. The molecule has 0 aliphatic rings. The summed E-state index contributed by atoms with van der Waals surface area (Å²) in [5, 5.41) is 8.87. The second kappa shape index (κ2) is 6.70. The summed E-state index contributed by atoms with van der Waals surface area (Å²) in [7, 11) is 0. The number of nitrogens with two attached hydrogens (primary N) is 1. The van der Waals surface area contributed by atoms with Gasteiger partial charge in [-0.15, -0.1) is 0 Å². The highest BCUT2D eigenvalue weighted by atomic mass is 16.6. The maximum Gasteiger partial charge on any atom is 0.410 e. The lowest BCUT2D eigenvalue weighted by Crippen LogP contribution is -2.40. The van der Waals surface area contributed by atoms with E-state index in [9.17, 15) is 4.79 Å². The summed E-state index contributed by atoms with van der Waals surface area (Å²) in [5.41, 5.74) is 5.11. The molecule has 0 fully saturated rings. The summed E-state index contributed by atoms with van der Waals surface area (Å²) < 4.78 is 5.22. The number of aliphatic hydroxyl groups is 1. The molecule has 0 rings (SSSR count). The fourth-order valence-corrected chi connectivity index (χ4v) is 1.10. The monoisotopic (exact) mass is 232 g/mol. The minimum absolute atomic E-state index is 0.0311. The van der Waals surface area contributed by atoms with Gasteiger partial charge in [0, 0.05) is 19.1 Å². The first-order valence-corrected chi connectivity index (χ1v) is 5.60. The molecule has 0 radical (unpaired) electrons. The average Bonchev–Trinajstić information content (AvgIpc) is 2.08. The molecular weight excluding hydrogens is 208 g/mol. The SMILES string of the molecule is CC(N)CCN(CCO)C(=O)OC(C)(C)C. The van der Waals surface area contributed by atoms with E-state index in [1.807, 2.05) is 27.7 Å². The van der Waals surface area contributed by atoms with Crippen LogP contribution in [0.1, 0.15) is 34.1 Å². The van der Waals surface area contributed by atoms with Gasteiger partial charge >= 0.3 is 6.09 Å². The van der Waals surface area contributed by atoms with Gasteiger partial charge in [0.1, 0.15) is 5.60 Å². The highest BCUT2D eigenvalue weighted by Gasteiger charge is 2.21. The van der Waals surface area contributed by atoms with Crippen LogP contribution in [0, 0.1) is 0 Å². The second-order valence-corrected chi connectivity index (χ2v) is 4.96. The molecule has 0 aliphatic heterocycles. The number of rotatable bonds is 5. The molecule has 1 unspecified atom stereocenters. The van der Waals surface area contributed by atoms with E-state index in [-0.39, 0.29) is 19.2 Å². The number of carbonyl (C=O) groups excluding carboxylic acids is 1. The molecular formula is C11H24N2O3. The van der Waals surface area contributed by atoms with Gasteiger partial charge in [-0.1, -0.05) is 0 Å². The van der Waals surface area contributed by atoms with Crippen LogP contribution in [-0.2, 0) is 4.74 Å². The van der Waals surface area contributed by atoms with Crippen LogP contribution in [0.25, 0.3) is 0 Å². The summed E-state index contributed by atoms with van der Waals surface area (Å²) in [6, 6.07) is 0.0311. The van der Waals surface area contributed by atoms with Crippen LogP contribution >= 0.6 is 0 Å². The molecule has 0 saturated heterocycles. The number of aliphatic hydroxyl groups excluding tert-OH is 1. The lowest BCUT2D eigenvalue weighted by Gasteiger charge is -2.27. The zero-order chi connectivity index (χ0) is 12.8. The molecule has 3 N–H and O–H groups in total. The van der Waals surface area contributed by atoms with E-state index < -0.39 is 11.7 Å². The van der Waals surface area contributed by atoms with Crippen molar-refractivity contribution in [2.45, 2.75) is 45.8 Å². The minimum Gasteiger partial charge on any atom is -0.444 e. The van der Waals surface area contributed by atoms with E-state index in [0.29, 0.717) is 13.0 Å². The zero-order valence-electron chi connectivity index (χ0n) is 10.7. The van der Waals surface area contributed by atoms with Crippen LogP contribution in [0.2, 0.25) is 0 Å². The van der Waals surface area contributed by atoms with Crippen molar-refractivity contribution in [2.24, 2.45) is 5.73 Å². The Hall–Kier alpha value is -0.810. The van der Waals surface area contributed by atoms with Gasteiger partial charge in [-0.25, -0.2) is 4.79 Å². The Morgan fingerprint density at radius 1 is 1.44 bits per heavy atom. The van der Waals surface area contributed by atoms with E-state index in [4.69, 9.17) is 15.6 Å². The predicted octanol–water partition coefficient (Wildman–Crippen LogP) is 0.953. The van der Waals surface area contributed by atoms with Crippen molar-refractivity contribution in [1.29, 1.82) is 0 Å². The third-order valence-electron chi connectivity index (χ3n) is 1.88. The van der Waals surface area contributed by atoms with Crippen LogP contribution in [0.4, 0.5) is 4.79 Å². The van der Waals surface area contributed by atoms with Crippen molar-refractivity contribution in [3.63, 3.8) is 0 Å². The Kier molecular flexibility index (Phi) is 6.36. The third-order valence-corrected chi connectivity index (χ3v) is 1.88. The van der Waals surface area contributed by atoms with Crippen LogP contribution in [0.3, 0.4) is 0 Å². The Morgan fingerprint density at radius 3 is 2.38 bits per heavy atom. The molecule has 0 saturated carbocycles. The normalized spacial score (nSPS) is 13.4. The molecule has 0 heterocycles. The van der Waals surface area contributed by atoms with Gasteiger partial charge in [-0.2, -0.15) is 0 Å². The highest BCUT2D eigenvalue weighted by Crippen LogP contribution is 2.10. The molecule has 5 heteroatoms. The summed E-state index contributed by atoms with van der Waals surface area (Å²) >= 11 is 0. The molecule has 0 spiro atoms. The topological polar surface area (TPSA) is 75.8 Å². The number of ether oxygens (including phenoxy) is 1. The molecule has 96 valence electrons. The summed E-state index contributed by atoms with van der Waals surface area (Å²) in [5.74, 6) is 0. The molecule has 16 heavy (non-hydrogen) atoms. The van der Waals surface area contributed by atoms with Gasteiger partial charge in [0.25, 0.3) is 0 Å². The predicted molar refractivity (Wildman–Crippen MR) is 63.2 cm³/mol. The van der Waals surface area contributed by atoms with Crippen LogP contribution in [-0.4, -0.2) is 47.4 Å². The van der Waals surface area contributed by atoms with Gasteiger partial charge in [-0.3, -0.25) is 0 Å². The lowest BCUT2D eigenvalue weighted by atomic mass is 10.2. The number of hydrogen-bond donors (Lipinski definition) is 2. The van der Waals surface area contributed by atoms with Gasteiger partial charge in [0.05, 0.1) is 6.61 Å². The van der Waals surface area contributed by atoms with E-state index in [2.05, 4.69) is 0 Å². The highest BCUT2D eigenvalue weighted by molar-refractivity contribution is 5.68. The Balaban J connectivity index is 4.23. The fraction of sp³-hybridized carbons (Fsp3) is 0.909. The van der Waals surface area contributed by atoms with Crippen molar-refractivity contribution in [1.82, 2.24) is 4.90 Å². The molecule has 5 nitrogen and oxygen atoms in total. The first-order valence-electron chi connectivity index (χ1n) is 5.60. The quantitative estimate of drug-likeness (QED) is 0.740. The maximum atomic E-state index is 11.7. The van der Waals surface area contributed by atoms with Gasteiger partial charge < -0.3 is 20.5 Å². The van der Waals surface area contributed by atoms with Gasteiger partial charge in [0.2, 0.25) is 0 Å². The number of hydrogen-bond acceptors (Lipinski definition) is 4. The van der Waals surface area contributed by atoms with E-state index in [1.165, 1.54) is 4.90 Å². The van der Waals surface area contributed by atoms with Crippen molar-refractivity contribution < 1.29 is 14.6 Å². The maximum absolute atomic E-state index is 11.7. The van der Waals surface area contributed by atoms with Crippen molar-refractivity contribution in [3.05, 3.63) is 0 Å². The summed E-state index contributed by atoms with van der Waals surface area (Å²) in [6.45, 7) is 8.04. The van der Waals surface area contributed by atoms with E-state index in [1.54, 1.807) is 0 Å². The zero-order valence-corrected chi connectivity index (χ0v) is 10.7. The number of carbonyl (C=O) groups is 1. The van der Waals surface area contributed by atoms with Crippen molar-refractivity contribution in [2.75, 3.05) is 19.7 Å². The minimum atomic E-state index is -0.515. The van der Waals surface area contributed by atoms with Crippen LogP contribution in [0.5, 0.6) is 0 Å². The second-order valence-electron chi connectivity index (χ2n) is 4.96. The molecule has 1 atom stereocenters. The standard InChI is InChI=1S/C11H24N2O3/c1-9(12)5-6-13(7-8-14)10(15)16-11(2,3)4/h9,14H,5-8,12H2,1-4H3. The Morgan fingerprint density at radius 2 is 2.00 bits per heavy atom. The van der Waals surface area contributed by atoms with Crippen LogP contribution < -0.4 is 5.73 Å². The number of amides is 1. The van der Waals surface area contributed by atoms with Crippen molar-refractivity contribution in [3.8, 4) is 0 Å². The third kappa shape index (κ3) is 7.48. The first kappa shape index (κ1) is 15.2. The largest absolute Gasteiger partial charge is 0.444 e. The summed E-state index contributed by atoms with van der Waals surface area (Å²) in [6.07, 6.45) is 0.293.